The number of rotatable bonds is 4. The molecule has 3 aromatic heterocycles. The predicted octanol–water partition coefficient (Wildman–Crippen LogP) is 0.451. The molecule has 4 rings (SSSR count). The molecule has 3 heterocycles. The Kier molecular flexibility index (Phi) is 5.35. The molecule has 1 aliphatic carbocycles. The number of aromatic nitrogens is 5. The van der Waals surface area contributed by atoms with Gasteiger partial charge in [-0.2, -0.15) is 0 Å². The summed E-state index contributed by atoms with van der Waals surface area (Å²) in [5.74, 6) is 0.310. The first-order valence-corrected chi connectivity index (χ1v) is 9.82. The van der Waals surface area contributed by atoms with E-state index < -0.39 is 24.3 Å². The van der Waals surface area contributed by atoms with Crippen molar-refractivity contribution in [1.29, 1.82) is 0 Å². The van der Waals surface area contributed by atoms with Crippen molar-refractivity contribution < 1.29 is 15.0 Å². The zero-order valence-corrected chi connectivity index (χ0v) is 17.1. The average Bonchev–Trinajstić information content (AvgIpc) is 3.15. The van der Waals surface area contributed by atoms with Crippen LogP contribution in [0.1, 0.15) is 35.1 Å². The fourth-order valence-electron chi connectivity index (χ4n) is 3.94. The Morgan fingerprint density at radius 1 is 1.17 bits per heavy atom. The molecule has 30 heavy (non-hydrogen) atoms. The second kappa shape index (κ2) is 7.96. The van der Waals surface area contributed by atoms with Gasteiger partial charge in [0.25, 0.3) is 5.91 Å². The van der Waals surface area contributed by atoms with Crippen molar-refractivity contribution in [3.05, 3.63) is 42.2 Å². The molecule has 158 valence electrons. The van der Waals surface area contributed by atoms with Gasteiger partial charge in [-0.3, -0.25) is 4.79 Å². The molecule has 4 atom stereocenters. The van der Waals surface area contributed by atoms with Crippen molar-refractivity contribution in [3.8, 4) is 0 Å². The Bertz CT molecular complexity index is 1070. The van der Waals surface area contributed by atoms with E-state index in [-0.39, 0.29) is 11.6 Å². The Labute approximate surface area is 173 Å². The summed E-state index contributed by atoms with van der Waals surface area (Å²) in [6.07, 6.45) is 1.87. The van der Waals surface area contributed by atoms with E-state index in [4.69, 9.17) is 0 Å². The number of hydrogen-bond acceptors (Lipinski definition) is 8. The van der Waals surface area contributed by atoms with E-state index >= 15 is 0 Å². The van der Waals surface area contributed by atoms with Crippen LogP contribution in [-0.4, -0.2) is 73.0 Å². The van der Waals surface area contributed by atoms with E-state index in [0.29, 0.717) is 29.8 Å². The van der Waals surface area contributed by atoms with Gasteiger partial charge in [0.15, 0.2) is 17.0 Å². The molecule has 0 radical (unpaired) electrons. The molecule has 0 aromatic carbocycles. The molecular formula is C20H25N7O3. The van der Waals surface area contributed by atoms with E-state index in [0.717, 1.165) is 5.69 Å². The van der Waals surface area contributed by atoms with E-state index in [1.165, 1.54) is 6.33 Å². The number of fused-ring (bicyclic) bond motifs is 1. The van der Waals surface area contributed by atoms with Gasteiger partial charge in [-0.15, -0.1) is 0 Å². The van der Waals surface area contributed by atoms with Crippen molar-refractivity contribution in [2.45, 2.75) is 44.1 Å². The van der Waals surface area contributed by atoms with Crippen LogP contribution in [0.25, 0.3) is 11.2 Å². The van der Waals surface area contributed by atoms with E-state index in [2.05, 4.69) is 25.3 Å². The molecule has 0 saturated heterocycles. The van der Waals surface area contributed by atoms with Gasteiger partial charge in [-0.1, -0.05) is 6.07 Å². The average molecular weight is 411 g/mol. The van der Waals surface area contributed by atoms with Crippen LogP contribution in [0, 0.1) is 6.92 Å². The fourth-order valence-corrected chi connectivity index (χ4v) is 3.94. The normalized spacial score (nSPS) is 24.0. The number of aliphatic hydroxyl groups is 2. The Hall–Kier alpha value is -3.11. The lowest BCUT2D eigenvalue weighted by Crippen LogP contribution is -2.54. The monoisotopic (exact) mass is 411 g/mol. The quantitative estimate of drug-likeness (QED) is 0.564. The summed E-state index contributed by atoms with van der Waals surface area (Å²) in [7, 11) is 3.74. The van der Waals surface area contributed by atoms with Crippen molar-refractivity contribution in [1.82, 2.24) is 29.8 Å². The number of hydrogen-bond donors (Lipinski definition) is 3. The smallest absolute Gasteiger partial charge is 0.270 e. The highest BCUT2D eigenvalue weighted by Crippen LogP contribution is 2.32. The lowest BCUT2D eigenvalue weighted by Gasteiger charge is -2.38. The van der Waals surface area contributed by atoms with E-state index in [1.54, 1.807) is 36.0 Å². The lowest BCUT2D eigenvalue weighted by molar-refractivity contribution is -0.0553. The molecule has 0 bridgehead atoms. The molecule has 1 fully saturated rings. The number of aliphatic hydroxyl groups excluding tert-OH is 2. The van der Waals surface area contributed by atoms with Crippen LogP contribution >= 0.6 is 0 Å². The van der Waals surface area contributed by atoms with Crippen molar-refractivity contribution >= 4 is 22.9 Å². The van der Waals surface area contributed by atoms with Crippen LogP contribution in [0.3, 0.4) is 0 Å². The predicted molar refractivity (Wildman–Crippen MR) is 110 cm³/mol. The summed E-state index contributed by atoms with van der Waals surface area (Å²) in [6.45, 7) is 1.81. The third-order valence-electron chi connectivity index (χ3n) is 5.49. The third kappa shape index (κ3) is 3.59. The van der Waals surface area contributed by atoms with Gasteiger partial charge in [0.2, 0.25) is 0 Å². The first-order valence-electron chi connectivity index (χ1n) is 9.82. The first-order chi connectivity index (χ1) is 14.4. The fraction of sp³-hybridized carbons (Fsp3) is 0.450. The van der Waals surface area contributed by atoms with E-state index in [1.807, 2.05) is 19.0 Å². The van der Waals surface area contributed by atoms with Crippen LogP contribution in [0.2, 0.25) is 0 Å². The Morgan fingerprint density at radius 2 is 1.97 bits per heavy atom. The zero-order chi connectivity index (χ0) is 21.4. The van der Waals surface area contributed by atoms with Gasteiger partial charge >= 0.3 is 0 Å². The molecule has 0 aliphatic heterocycles. The van der Waals surface area contributed by atoms with Crippen molar-refractivity contribution in [3.63, 3.8) is 0 Å². The largest absolute Gasteiger partial charge is 0.388 e. The molecule has 0 unspecified atom stereocenters. The van der Waals surface area contributed by atoms with E-state index in [9.17, 15) is 15.0 Å². The number of nitrogens with zero attached hydrogens (tertiary/aromatic N) is 6. The summed E-state index contributed by atoms with van der Waals surface area (Å²) in [5, 5.41) is 24.3. The molecule has 3 N–H and O–H groups in total. The molecule has 10 heteroatoms. The number of amides is 1. The minimum atomic E-state index is -1.13. The number of carbonyl (C=O) groups excluding carboxylic acids is 1. The van der Waals surface area contributed by atoms with Crippen molar-refractivity contribution in [2.75, 3.05) is 19.0 Å². The van der Waals surface area contributed by atoms with Crippen LogP contribution in [0.5, 0.6) is 0 Å². The summed E-state index contributed by atoms with van der Waals surface area (Å²) in [5.41, 5.74) is 2.24. The molecule has 1 saturated carbocycles. The summed E-state index contributed by atoms with van der Waals surface area (Å²) >= 11 is 0. The number of anilines is 1. The zero-order valence-electron chi connectivity index (χ0n) is 17.1. The minimum absolute atomic E-state index is 0.285. The maximum Gasteiger partial charge on any atom is 0.270 e. The molecule has 10 nitrogen and oxygen atoms in total. The van der Waals surface area contributed by atoms with Crippen LogP contribution in [0.4, 0.5) is 5.82 Å². The first kappa shape index (κ1) is 20.2. The van der Waals surface area contributed by atoms with Gasteiger partial charge in [-0.25, -0.2) is 19.9 Å². The van der Waals surface area contributed by atoms with Crippen molar-refractivity contribution in [2.24, 2.45) is 0 Å². The molecule has 0 spiro atoms. The highest BCUT2D eigenvalue weighted by molar-refractivity contribution is 5.92. The second-order valence-electron chi connectivity index (χ2n) is 7.79. The number of pyridine rings is 1. The Morgan fingerprint density at radius 3 is 2.70 bits per heavy atom. The molecule has 1 aliphatic rings. The number of nitrogens with one attached hydrogen (secondary N) is 1. The topological polar surface area (TPSA) is 129 Å². The lowest BCUT2D eigenvalue weighted by atomic mass is 9.85. The maximum atomic E-state index is 12.5. The van der Waals surface area contributed by atoms with Crippen LogP contribution in [0.15, 0.2) is 30.9 Å². The summed E-state index contributed by atoms with van der Waals surface area (Å²) in [6, 6.07) is 4.19. The summed E-state index contributed by atoms with van der Waals surface area (Å²) in [4.78, 5) is 31.5. The van der Waals surface area contributed by atoms with Crippen LogP contribution in [-0.2, 0) is 0 Å². The number of carbonyl (C=O) groups is 1. The van der Waals surface area contributed by atoms with Crippen LogP contribution < -0.4 is 10.2 Å². The second-order valence-corrected chi connectivity index (χ2v) is 7.79. The van der Waals surface area contributed by atoms with Gasteiger partial charge < -0.3 is 25.0 Å². The molecular weight excluding hydrogens is 386 g/mol. The highest BCUT2D eigenvalue weighted by Gasteiger charge is 2.40. The minimum Gasteiger partial charge on any atom is -0.388 e. The molecule has 1 amide bonds. The Balaban J connectivity index is 1.53. The maximum absolute atomic E-state index is 12.5. The number of imidazole rings is 1. The standard InChI is InChI=1S/C20H25N7O3/c1-11-5-4-6-13(24-11)20(30)25-12-7-8-14(17(29)16(12)28)27-10-23-15-18(26(2)3)21-9-22-19(15)27/h4-6,9-10,12,14,16-17,28-29H,7-8H2,1-3H3,(H,25,30)/t12-,14-,16+,17+/m1/s1. The van der Waals surface area contributed by atoms with Gasteiger partial charge in [0, 0.05) is 19.8 Å². The van der Waals surface area contributed by atoms with Gasteiger partial charge in [-0.05, 0) is 31.9 Å². The third-order valence-corrected chi connectivity index (χ3v) is 5.49. The van der Waals surface area contributed by atoms with Gasteiger partial charge in [0.1, 0.15) is 24.2 Å². The summed E-state index contributed by atoms with van der Waals surface area (Å²) < 4.78 is 1.78. The highest BCUT2D eigenvalue weighted by atomic mass is 16.3. The SMILES string of the molecule is Cc1cccc(C(=O)N[C@@H]2CC[C@@H](n3cnc4c(N(C)C)ncnc43)[C@H](O)[C@H]2O)n1. The molecule has 3 aromatic rings. The number of aryl methyl sites for hydroxylation is 1. The van der Waals surface area contributed by atoms with Gasteiger partial charge in [0.05, 0.1) is 18.4 Å².